The number of alkyl halides is 9. The predicted octanol–water partition coefficient (Wildman–Crippen LogP) is 6.29. The van der Waals surface area contributed by atoms with Gasteiger partial charge in [-0.1, -0.05) is 12.1 Å². The highest BCUT2D eigenvalue weighted by Crippen LogP contribution is 2.60. The van der Waals surface area contributed by atoms with Gasteiger partial charge < -0.3 is 24.8 Å². The van der Waals surface area contributed by atoms with E-state index in [1.54, 1.807) is 6.20 Å². The zero-order chi connectivity index (χ0) is 45.3. The number of nitrogens with zero attached hydrogens (tertiary/aromatic N) is 6. The van der Waals surface area contributed by atoms with Gasteiger partial charge in [0.25, 0.3) is 5.91 Å². The summed E-state index contributed by atoms with van der Waals surface area (Å²) in [7, 11) is 0. The van der Waals surface area contributed by atoms with E-state index in [0.29, 0.717) is 18.4 Å². The van der Waals surface area contributed by atoms with Gasteiger partial charge in [-0.25, -0.2) is 4.98 Å². The molecule has 2 saturated carbocycles. The van der Waals surface area contributed by atoms with Crippen LogP contribution < -0.4 is 5.32 Å². The van der Waals surface area contributed by atoms with Gasteiger partial charge >= 0.3 is 18.5 Å². The Morgan fingerprint density at radius 1 is 0.889 bits per heavy atom. The topological polar surface area (TPSA) is 130 Å². The van der Waals surface area contributed by atoms with Crippen LogP contribution in [-0.4, -0.2) is 123 Å². The summed E-state index contributed by atoms with van der Waals surface area (Å²) in [5, 5.41) is 9.62. The fourth-order valence-electron chi connectivity index (χ4n) is 9.10. The molecule has 4 amide bonds. The zero-order valence-corrected chi connectivity index (χ0v) is 34.7. The number of aromatic nitrogens is 3. The van der Waals surface area contributed by atoms with Crippen LogP contribution in [0.5, 0.6) is 0 Å². The number of hydrogen-bond acceptors (Lipinski definition) is 8. The van der Waals surface area contributed by atoms with Crippen LogP contribution in [0, 0.1) is 22.2 Å². The number of piperidine rings is 1. The van der Waals surface area contributed by atoms with Crippen LogP contribution in [0.1, 0.15) is 77.9 Å². The van der Waals surface area contributed by atoms with Gasteiger partial charge in [0.15, 0.2) is 0 Å². The Morgan fingerprint density at radius 3 is 2.10 bits per heavy atom. The minimum Gasteiger partial charge on any atom is -0.375 e. The number of thiazole rings is 1. The Morgan fingerprint density at radius 2 is 1.54 bits per heavy atom. The van der Waals surface area contributed by atoms with E-state index in [1.807, 2.05) is 5.38 Å². The Labute approximate surface area is 359 Å². The molecule has 3 atom stereocenters. The molecular weight excluding hydrogens is 874 g/mol. The molecule has 12 nitrogen and oxygen atoms in total. The third-order valence-corrected chi connectivity index (χ3v) is 14.4. The van der Waals surface area contributed by atoms with E-state index < -0.39 is 88.6 Å². The van der Waals surface area contributed by atoms with Gasteiger partial charge in [0.05, 0.1) is 52.9 Å². The Kier molecular flexibility index (Phi) is 11.4. The van der Waals surface area contributed by atoms with Crippen LogP contribution in [0.25, 0.3) is 0 Å². The van der Waals surface area contributed by atoms with Crippen LogP contribution in [0.15, 0.2) is 48.2 Å². The first-order chi connectivity index (χ1) is 29.5. The highest BCUT2D eigenvalue weighted by molar-refractivity contribution is 7.09. The molecule has 0 radical (unpaired) electrons. The first kappa shape index (κ1) is 44.9. The quantitative estimate of drug-likeness (QED) is 0.212. The number of hydrogen-bond donors (Lipinski definition) is 1. The second kappa shape index (κ2) is 16.1. The number of halogens is 9. The van der Waals surface area contributed by atoms with Crippen LogP contribution >= 0.6 is 11.3 Å². The maximum Gasteiger partial charge on any atom is 0.416 e. The first-order valence-corrected chi connectivity index (χ1v) is 21.4. The molecule has 342 valence electrons. The molecule has 2 aromatic heterocycles. The molecule has 22 heteroatoms. The lowest BCUT2D eigenvalue weighted by molar-refractivity contribution is -0.206. The van der Waals surface area contributed by atoms with Crippen molar-refractivity contribution in [3.63, 3.8) is 0 Å². The summed E-state index contributed by atoms with van der Waals surface area (Å²) in [5.41, 5.74) is -6.23. The average molecular weight is 918 g/mol. The van der Waals surface area contributed by atoms with Crippen LogP contribution in [0.3, 0.4) is 0 Å². The van der Waals surface area contributed by atoms with Gasteiger partial charge in [-0.05, 0) is 63.1 Å². The summed E-state index contributed by atoms with van der Waals surface area (Å²) < 4.78 is 130. The van der Waals surface area contributed by atoms with E-state index in [1.165, 1.54) is 57.3 Å². The van der Waals surface area contributed by atoms with Crippen molar-refractivity contribution in [1.29, 1.82) is 0 Å². The lowest BCUT2D eigenvalue weighted by atomic mass is 9.70. The third kappa shape index (κ3) is 8.64. The van der Waals surface area contributed by atoms with E-state index in [4.69, 9.17) is 4.74 Å². The second-order valence-corrected chi connectivity index (χ2v) is 18.6. The maximum atomic E-state index is 14.5. The van der Waals surface area contributed by atoms with Crippen molar-refractivity contribution in [3.05, 3.63) is 69.9 Å². The van der Waals surface area contributed by atoms with E-state index in [-0.39, 0.29) is 83.0 Å². The predicted molar refractivity (Wildman–Crippen MR) is 205 cm³/mol. The summed E-state index contributed by atoms with van der Waals surface area (Å²) >= 11 is 1.48. The van der Waals surface area contributed by atoms with Crippen molar-refractivity contribution < 1.29 is 63.4 Å². The minimum atomic E-state index is -4.80. The molecule has 8 rings (SSSR count). The molecule has 3 saturated heterocycles. The smallest absolute Gasteiger partial charge is 0.375 e. The molecule has 5 aliphatic rings. The Balaban J connectivity index is 1.01. The second-order valence-electron chi connectivity index (χ2n) is 17.7. The standard InChI is InChI=1S/C41H44F9N7O5S/c1-24(62-23-37(8-9-37)40(45,46)47)30(34(60)54-13-6-26(7-14-54)32-51-12-15-63-32)53-31(58)29-19-55(20-36(29)21-56(22-36)35(61)38(10-11-38)41(48,49)50)33(59)27-16-52-57(18-27)17-25-2-4-28(5-3-25)39(42,43)44/h2-5,12,15-16,18,24,26,29-30H,6-11,13-14,17,19-23H2,1H3,(H,53,58)/t24-,29+,30+/m1/s1. The van der Waals surface area contributed by atoms with Crippen LogP contribution in [0.4, 0.5) is 39.5 Å². The fourth-order valence-corrected chi connectivity index (χ4v) is 9.91. The van der Waals surface area contributed by atoms with E-state index in [2.05, 4.69) is 15.4 Å². The highest BCUT2D eigenvalue weighted by atomic mass is 32.1. The SMILES string of the molecule is C[C@@H](OCC1(C(F)(F)F)CC1)[C@H](NC(=O)[C@@H]1CN(C(=O)c2cnn(Cc3ccc(C(F)(F)F)cc3)c2)CC12CN(C(=O)C1(C(F)(F)F)CC1)C2)C(=O)N1CCC(c2nccs2)CC1. The monoisotopic (exact) mass is 917 g/mol. The summed E-state index contributed by atoms with van der Waals surface area (Å²) in [6, 6.07) is 2.87. The van der Waals surface area contributed by atoms with Crippen LogP contribution in [0.2, 0.25) is 0 Å². The number of carbonyl (C=O) groups excluding carboxylic acids is 4. The molecule has 0 unspecified atom stereocenters. The van der Waals surface area contributed by atoms with Crippen molar-refractivity contribution >= 4 is 35.0 Å². The molecule has 1 spiro atoms. The van der Waals surface area contributed by atoms with Gasteiger partial charge in [0, 0.05) is 68.4 Å². The van der Waals surface area contributed by atoms with Crippen molar-refractivity contribution in [2.45, 2.75) is 88.6 Å². The summed E-state index contributed by atoms with van der Waals surface area (Å²) in [6.45, 7) is 0.0431. The largest absolute Gasteiger partial charge is 0.416 e. The molecule has 0 bridgehead atoms. The molecule has 1 N–H and O–H groups in total. The molecule has 5 heterocycles. The van der Waals surface area contributed by atoms with Gasteiger partial charge in [-0.3, -0.25) is 23.9 Å². The lowest BCUT2D eigenvalue weighted by Crippen LogP contribution is -2.67. The molecule has 63 heavy (non-hydrogen) atoms. The number of amides is 4. The number of carbonyl (C=O) groups is 4. The summed E-state index contributed by atoms with van der Waals surface area (Å²) in [5.74, 6) is -4.27. The average Bonchev–Trinajstić information content (AvgIpc) is 4.03. The van der Waals surface area contributed by atoms with E-state index in [0.717, 1.165) is 22.0 Å². The molecule has 3 aliphatic heterocycles. The Hall–Kier alpha value is -4.73. The van der Waals surface area contributed by atoms with E-state index in [9.17, 15) is 58.7 Å². The number of benzene rings is 1. The van der Waals surface area contributed by atoms with Crippen molar-refractivity contribution in [1.82, 2.24) is 34.8 Å². The van der Waals surface area contributed by atoms with E-state index >= 15 is 0 Å². The van der Waals surface area contributed by atoms with Crippen molar-refractivity contribution in [2.75, 3.05) is 45.9 Å². The summed E-state index contributed by atoms with van der Waals surface area (Å²) in [6.07, 6.45) is -10.9. The third-order valence-electron chi connectivity index (χ3n) is 13.5. The normalized spacial score (nSPS) is 22.7. The summed E-state index contributed by atoms with van der Waals surface area (Å²) in [4.78, 5) is 64.3. The van der Waals surface area contributed by atoms with Gasteiger partial charge in [-0.15, -0.1) is 11.3 Å². The minimum absolute atomic E-state index is 0.000766. The highest BCUT2D eigenvalue weighted by Gasteiger charge is 2.72. The fraction of sp³-hybridized carbons (Fsp3) is 0.610. The zero-order valence-electron chi connectivity index (χ0n) is 33.9. The Bertz CT molecular complexity index is 2190. The molecule has 5 fully saturated rings. The number of ether oxygens (including phenoxy) is 1. The number of likely N-dealkylation sites (tertiary alicyclic amines) is 3. The number of nitrogens with one attached hydrogen (secondary N) is 1. The van der Waals surface area contributed by atoms with Gasteiger partial charge in [0.1, 0.15) is 11.5 Å². The maximum absolute atomic E-state index is 14.5. The van der Waals surface area contributed by atoms with Gasteiger partial charge in [-0.2, -0.15) is 44.6 Å². The van der Waals surface area contributed by atoms with Crippen molar-refractivity contribution in [2.24, 2.45) is 22.2 Å². The number of rotatable bonds is 12. The first-order valence-electron chi connectivity index (χ1n) is 20.6. The molecular formula is C41H44F9N7O5S. The molecule has 1 aromatic carbocycles. The lowest BCUT2D eigenvalue weighted by Gasteiger charge is -2.51. The van der Waals surface area contributed by atoms with Crippen LogP contribution in [-0.2, 0) is 31.8 Å². The van der Waals surface area contributed by atoms with Crippen molar-refractivity contribution in [3.8, 4) is 0 Å². The van der Waals surface area contributed by atoms with Gasteiger partial charge in [0.2, 0.25) is 17.7 Å². The molecule has 3 aromatic rings. The molecule has 2 aliphatic carbocycles.